The molecule has 0 radical (unpaired) electrons. The molecule has 0 aromatic rings. The van der Waals surface area contributed by atoms with Gasteiger partial charge >= 0.3 is 5.97 Å². The van der Waals surface area contributed by atoms with Crippen LogP contribution >= 0.6 is 0 Å². The molecular formula is C15H30N2O3. The molecule has 5 nitrogen and oxygen atoms in total. The number of hydrogen-bond donors (Lipinski definition) is 1. The normalized spacial score (nSPS) is 23.3. The lowest BCUT2D eigenvalue weighted by atomic mass is 9.95. The minimum atomic E-state index is -0.593. The molecule has 1 rings (SSSR count). The van der Waals surface area contributed by atoms with Crippen molar-refractivity contribution in [2.45, 2.75) is 38.6 Å². The van der Waals surface area contributed by atoms with Crippen LogP contribution in [0, 0.1) is 5.92 Å². The van der Waals surface area contributed by atoms with Crippen LogP contribution in [0.15, 0.2) is 0 Å². The number of piperidine rings is 1. The first-order chi connectivity index (χ1) is 9.55. The van der Waals surface area contributed by atoms with Crippen molar-refractivity contribution in [3.63, 3.8) is 0 Å². The Bertz CT molecular complexity index is 297. The van der Waals surface area contributed by atoms with Crippen molar-refractivity contribution < 1.29 is 14.3 Å². The molecule has 1 saturated heterocycles. The fraction of sp³-hybridized carbons (Fsp3) is 0.933. The minimum Gasteiger partial charge on any atom is -0.465 e. The number of nitrogens with zero attached hydrogens (tertiary/aromatic N) is 1. The molecule has 1 fully saturated rings. The van der Waals surface area contributed by atoms with Crippen molar-refractivity contribution in [3.8, 4) is 0 Å². The highest BCUT2D eigenvalue weighted by molar-refractivity contribution is 5.80. The van der Waals surface area contributed by atoms with Crippen molar-refractivity contribution in [2.24, 2.45) is 5.92 Å². The fourth-order valence-corrected chi connectivity index (χ4v) is 2.73. The molecule has 1 aliphatic heterocycles. The molecule has 0 saturated carbocycles. The maximum Gasteiger partial charge on any atom is 0.326 e. The number of hydrogen-bond acceptors (Lipinski definition) is 5. The van der Waals surface area contributed by atoms with Crippen LogP contribution in [0.25, 0.3) is 0 Å². The van der Waals surface area contributed by atoms with E-state index in [0.717, 1.165) is 32.7 Å². The van der Waals surface area contributed by atoms with Gasteiger partial charge in [-0.05, 0) is 52.6 Å². The van der Waals surface area contributed by atoms with Gasteiger partial charge in [-0.3, -0.25) is 4.79 Å². The number of likely N-dealkylation sites (tertiary alicyclic amines) is 1. The van der Waals surface area contributed by atoms with Crippen LogP contribution in [0.2, 0.25) is 0 Å². The number of nitrogens with one attached hydrogen (secondary N) is 1. The molecule has 0 aromatic carbocycles. The Morgan fingerprint density at radius 2 is 2.25 bits per heavy atom. The summed E-state index contributed by atoms with van der Waals surface area (Å²) >= 11 is 0. The summed E-state index contributed by atoms with van der Waals surface area (Å²) in [7, 11) is 3.58. The van der Waals surface area contributed by atoms with E-state index in [1.54, 1.807) is 7.11 Å². The zero-order valence-corrected chi connectivity index (χ0v) is 13.4. The first kappa shape index (κ1) is 17.4. The quantitative estimate of drug-likeness (QED) is 0.681. The lowest BCUT2D eigenvalue weighted by molar-refractivity contribution is -0.150. The molecule has 5 heteroatoms. The second-order valence-corrected chi connectivity index (χ2v) is 5.82. The third kappa shape index (κ3) is 5.04. The molecule has 20 heavy (non-hydrogen) atoms. The lowest BCUT2D eigenvalue weighted by Gasteiger charge is -2.35. The van der Waals surface area contributed by atoms with Crippen molar-refractivity contribution in [2.75, 3.05) is 47.0 Å². The number of likely N-dealkylation sites (N-methyl/N-ethyl adjacent to an activating group) is 1. The van der Waals surface area contributed by atoms with E-state index in [2.05, 4.69) is 10.2 Å². The van der Waals surface area contributed by atoms with Gasteiger partial charge in [0, 0.05) is 20.2 Å². The highest BCUT2D eigenvalue weighted by Gasteiger charge is 2.33. The van der Waals surface area contributed by atoms with Gasteiger partial charge in [0.1, 0.15) is 5.54 Å². The molecule has 1 heterocycles. The van der Waals surface area contributed by atoms with E-state index in [9.17, 15) is 4.79 Å². The number of rotatable bonds is 8. The van der Waals surface area contributed by atoms with Crippen LogP contribution < -0.4 is 5.32 Å². The SMILES string of the molecule is CCOC(=O)C(C)(CCN1CCCC(COC)C1)NC. The molecule has 1 aliphatic rings. The van der Waals surface area contributed by atoms with Gasteiger partial charge < -0.3 is 19.7 Å². The summed E-state index contributed by atoms with van der Waals surface area (Å²) in [5, 5.41) is 3.11. The van der Waals surface area contributed by atoms with Gasteiger partial charge in [0.25, 0.3) is 0 Å². The van der Waals surface area contributed by atoms with Crippen molar-refractivity contribution in [1.29, 1.82) is 0 Å². The molecule has 0 aliphatic carbocycles. The van der Waals surface area contributed by atoms with E-state index in [1.807, 2.05) is 20.9 Å². The number of esters is 1. The summed E-state index contributed by atoms with van der Waals surface area (Å²) in [5.74, 6) is 0.463. The van der Waals surface area contributed by atoms with E-state index in [0.29, 0.717) is 12.5 Å². The maximum absolute atomic E-state index is 12.0. The van der Waals surface area contributed by atoms with Crippen molar-refractivity contribution in [1.82, 2.24) is 10.2 Å². The van der Waals surface area contributed by atoms with Crippen LogP contribution in [0.1, 0.15) is 33.1 Å². The van der Waals surface area contributed by atoms with E-state index < -0.39 is 5.54 Å². The van der Waals surface area contributed by atoms with Gasteiger partial charge in [-0.2, -0.15) is 0 Å². The largest absolute Gasteiger partial charge is 0.465 e. The average Bonchev–Trinajstić information content (AvgIpc) is 2.46. The Balaban J connectivity index is 2.45. The molecule has 2 atom stereocenters. The number of carbonyl (C=O) groups is 1. The molecule has 0 aromatic heterocycles. The van der Waals surface area contributed by atoms with Gasteiger partial charge in [0.05, 0.1) is 13.2 Å². The predicted molar refractivity (Wildman–Crippen MR) is 79.8 cm³/mol. The standard InChI is InChI=1S/C15H30N2O3/c1-5-20-14(18)15(2,16-3)8-10-17-9-6-7-13(11-17)12-19-4/h13,16H,5-12H2,1-4H3. The average molecular weight is 286 g/mol. The molecule has 118 valence electrons. The maximum atomic E-state index is 12.0. The third-order valence-electron chi connectivity index (χ3n) is 4.21. The summed E-state index contributed by atoms with van der Waals surface area (Å²) in [4.78, 5) is 14.4. The van der Waals surface area contributed by atoms with E-state index >= 15 is 0 Å². The van der Waals surface area contributed by atoms with E-state index in [-0.39, 0.29) is 5.97 Å². The first-order valence-corrected chi connectivity index (χ1v) is 7.63. The van der Waals surface area contributed by atoms with Crippen molar-refractivity contribution >= 4 is 5.97 Å². The molecule has 0 amide bonds. The van der Waals surface area contributed by atoms with Gasteiger partial charge in [-0.15, -0.1) is 0 Å². The van der Waals surface area contributed by atoms with Crippen LogP contribution in [-0.4, -0.2) is 63.4 Å². The second-order valence-electron chi connectivity index (χ2n) is 5.82. The highest BCUT2D eigenvalue weighted by atomic mass is 16.5. The Morgan fingerprint density at radius 1 is 1.50 bits per heavy atom. The summed E-state index contributed by atoms with van der Waals surface area (Å²) < 4.78 is 10.4. The van der Waals surface area contributed by atoms with Crippen LogP contribution in [0.4, 0.5) is 0 Å². The van der Waals surface area contributed by atoms with Gasteiger partial charge in [0.15, 0.2) is 0 Å². The molecule has 2 unspecified atom stereocenters. The monoisotopic (exact) mass is 286 g/mol. The van der Waals surface area contributed by atoms with Gasteiger partial charge in [0.2, 0.25) is 0 Å². The van der Waals surface area contributed by atoms with Crippen molar-refractivity contribution in [3.05, 3.63) is 0 Å². The number of carbonyl (C=O) groups excluding carboxylic acids is 1. The molecule has 1 N–H and O–H groups in total. The fourth-order valence-electron chi connectivity index (χ4n) is 2.73. The van der Waals surface area contributed by atoms with E-state index in [4.69, 9.17) is 9.47 Å². The third-order valence-corrected chi connectivity index (χ3v) is 4.21. The highest BCUT2D eigenvalue weighted by Crippen LogP contribution is 2.19. The molecule has 0 bridgehead atoms. The summed E-state index contributed by atoms with van der Waals surface area (Å²) in [6.45, 7) is 8.11. The van der Waals surface area contributed by atoms with Crippen LogP contribution in [-0.2, 0) is 14.3 Å². The van der Waals surface area contributed by atoms with Crippen LogP contribution in [0.3, 0.4) is 0 Å². The predicted octanol–water partition coefficient (Wildman–Crippen LogP) is 1.28. The van der Waals surface area contributed by atoms with E-state index in [1.165, 1.54) is 12.8 Å². The van der Waals surface area contributed by atoms with Gasteiger partial charge in [-0.25, -0.2) is 0 Å². The number of ether oxygens (including phenoxy) is 2. The van der Waals surface area contributed by atoms with Gasteiger partial charge in [-0.1, -0.05) is 0 Å². The second kappa shape index (κ2) is 8.60. The summed E-state index contributed by atoms with van der Waals surface area (Å²) in [6, 6.07) is 0. The smallest absolute Gasteiger partial charge is 0.326 e. The first-order valence-electron chi connectivity index (χ1n) is 7.63. The summed E-state index contributed by atoms with van der Waals surface area (Å²) in [5.41, 5.74) is -0.593. The topological polar surface area (TPSA) is 50.8 Å². The Morgan fingerprint density at radius 3 is 2.85 bits per heavy atom. The summed E-state index contributed by atoms with van der Waals surface area (Å²) in [6.07, 6.45) is 3.22. The Labute approximate surface area is 123 Å². The number of methoxy groups -OCH3 is 1. The Hall–Kier alpha value is -0.650. The lowest BCUT2D eigenvalue weighted by Crippen LogP contribution is -2.51. The zero-order chi connectivity index (χ0) is 15.0. The Kier molecular flexibility index (Phi) is 7.48. The zero-order valence-electron chi connectivity index (χ0n) is 13.4. The minimum absolute atomic E-state index is 0.159. The van der Waals surface area contributed by atoms with Crippen LogP contribution in [0.5, 0.6) is 0 Å². The molecular weight excluding hydrogens is 256 g/mol. The molecule has 0 spiro atoms.